The summed E-state index contributed by atoms with van der Waals surface area (Å²) in [7, 11) is 0. The monoisotopic (exact) mass is 553 g/mol. The Kier molecular flexibility index (Phi) is 8.86. The van der Waals surface area contributed by atoms with Crippen molar-refractivity contribution in [1.82, 2.24) is 4.98 Å². The molecule has 0 bridgehead atoms. The van der Waals surface area contributed by atoms with E-state index in [4.69, 9.17) is 21.1 Å². The highest BCUT2D eigenvalue weighted by Crippen LogP contribution is 2.49. The number of cyclic esters (lactones) is 1. The van der Waals surface area contributed by atoms with Gasteiger partial charge in [0.25, 0.3) is 0 Å². The Bertz CT molecular complexity index is 1020. The van der Waals surface area contributed by atoms with Crippen LogP contribution in [0.2, 0.25) is 0 Å². The highest BCUT2D eigenvalue weighted by Gasteiger charge is 2.55. The van der Waals surface area contributed by atoms with Gasteiger partial charge in [0.05, 0.1) is 51.5 Å². The molecule has 3 aliphatic rings. The molecule has 9 heteroatoms. The van der Waals surface area contributed by atoms with Crippen molar-refractivity contribution in [2.45, 2.75) is 115 Å². The molecule has 7 atom stereocenters. The van der Waals surface area contributed by atoms with Gasteiger partial charge in [-0.25, -0.2) is 4.98 Å². The summed E-state index contributed by atoms with van der Waals surface area (Å²) < 4.78 is 11.9. The van der Waals surface area contributed by atoms with E-state index in [-0.39, 0.29) is 29.8 Å². The number of Topliss-reactive ketones (excluding diaryl/α,β-unsaturated/α-hetero) is 1. The predicted molar refractivity (Wildman–Crippen MR) is 143 cm³/mol. The van der Waals surface area contributed by atoms with Gasteiger partial charge in [-0.1, -0.05) is 38.3 Å². The molecule has 4 rings (SSSR count). The number of carbonyl (C=O) groups excluding carboxylic acids is 2. The number of halogens is 1. The molecular weight excluding hydrogens is 514 g/mol. The maximum absolute atomic E-state index is 13.7. The fraction of sp³-hybridized carbons (Fsp3) is 0.750. The van der Waals surface area contributed by atoms with E-state index in [0.717, 1.165) is 30.7 Å². The smallest absolute Gasteiger partial charge is 0.309 e. The third kappa shape index (κ3) is 6.14. The molecule has 0 aromatic carbocycles. The van der Waals surface area contributed by atoms with Crippen molar-refractivity contribution < 1.29 is 29.3 Å². The van der Waals surface area contributed by atoms with Crippen LogP contribution in [-0.4, -0.2) is 57.0 Å². The van der Waals surface area contributed by atoms with Crippen LogP contribution in [0.1, 0.15) is 89.3 Å². The molecule has 1 aliphatic carbocycles. The first kappa shape index (κ1) is 28.7. The molecule has 3 fully saturated rings. The molecule has 1 saturated carbocycles. The van der Waals surface area contributed by atoms with Crippen molar-refractivity contribution in [3.8, 4) is 0 Å². The zero-order chi connectivity index (χ0) is 27.0. The van der Waals surface area contributed by atoms with Crippen LogP contribution < -0.4 is 0 Å². The molecule has 2 unspecified atom stereocenters. The van der Waals surface area contributed by atoms with Gasteiger partial charge in [-0.3, -0.25) is 9.59 Å². The van der Waals surface area contributed by atoms with Crippen molar-refractivity contribution in [2.24, 2.45) is 17.3 Å². The van der Waals surface area contributed by atoms with Gasteiger partial charge in [0.2, 0.25) is 0 Å². The Balaban J connectivity index is 1.59. The van der Waals surface area contributed by atoms with Gasteiger partial charge in [-0.05, 0) is 57.9 Å². The fourth-order valence-corrected chi connectivity index (χ4v) is 6.87. The molecule has 1 aromatic heterocycles. The molecule has 7 nitrogen and oxygen atoms in total. The Labute approximate surface area is 228 Å². The summed E-state index contributed by atoms with van der Waals surface area (Å²) in [6.45, 7) is 7.84. The van der Waals surface area contributed by atoms with Gasteiger partial charge in [0, 0.05) is 17.7 Å². The molecule has 1 spiro atoms. The first-order valence-electron chi connectivity index (χ1n) is 13.6. The van der Waals surface area contributed by atoms with Gasteiger partial charge in [0.15, 0.2) is 0 Å². The number of esters is 1. The molecule has 0 radical (unpaired) electrons. The summed E-state index contributed by atoms with van der Waals surface area (Å²) in [5, 5.41) is 25.4. The van der Waals surface area contributed by atoms with Crippen molar-refractivity contribution in [2.75, 3.05) is 0 Å². The second-order valence-electron chi connectivity index (χ2n) is 11.4. The number of hydrogen-bond acceptors (Lipinski definition) is 8. The average Bonchev–Trinajstić information content (AvgIpc) is 3.24. The molecule has 2 N–H and O–H groups in total. The summed E-state index contributed by atoms with van der Waals surface area (Å²) in [4.78, 5) is 31.2. The van der Waals surface area contributed by atoms with E-state index < -0.39 is 35.6 Å². The van der Waals surface area contributed by atoms with Crippen molar-refractivity contribution in [3.05, 3.63) is 21.1 Å². The quantitative estimate of drug-likeness (QED) is 0.391. The van der Waals surface area contributed by atoms with Crippen LogP contribution in [0.25, 0.3) is 6.08 Å². The summed E-state index contributed by atoms with van der Waals surface area (Å²) in [6.07, 6.45) is 3.75. The van der Waals surface area contributed by atoms with Gasteiger partial charge in [0.1, 0.15) is 11.9 Å². The van der Waals surface area contributed by atoms with E-state index in [1.807, 2.05) is 33.1 Å². The van der Waals surface area contributed by atoms with Crippen LogP contribution >= 0.6 is 22.9 Å². The number of carbonyl (C=O) groups is 2. The number of thiazole rings is 1. The predicted octanol–water partition coefficient (Wildman–Crippen LogP) is 5.19. The van der Waals surface area contributed by atoms with E-state index in [1.165, 1.54) is 11.3 Å². The van der Waals surface area contributed by atoms with Crippen molar-refractivity contribution in [1.29, 1.82) is 0 Å². The highest BCUT2D eigenvalue weighted by atomic mass is 35.5. The van der Waals surface area contributed by atoms with Gasteiger partial charge in [-0.2, -0.15) is 0 Å². The lowest BCUT2D eigenvalue weighted by Gasteiger charge is -2.46. The topological polar surface area (TPSA) is 109 Å². The Morgan fingerprint density at radius 3 is 2.59 bits per heavy atom. The van der Waals surface area contributed by atoms with Crippen LogP contribution in [0.4, 0.5) is 0 Å². The minimum absolute atomic E-state index is 0.0615. The zero-order valence-electron chi connectivity index (χ0n) is 22.2. The van der Waals surface area contributed by atoms with Gasteiger partial charge >= 0.3 is 5.97 Å². The maximum Gasteiger partial charge on any atom is 0.309 e. The number of ketones is 1. The van der Waals surface area contributed by atoms with Crippen molar-refractivity contribution in [3.63, 3.8) is 0 Å². The molecule has 2 aliphatic heterocycles. The number of hydrogen-bond donors (Lipinski definition) is 2. The summed E-state index contributed by atoms with van der Waals surface area (Å²) in [5.41, 5.74) is -0.661. The normalized spacial score (nSPS) is 37.5. The van der Waals surface area contributed by atoms with E-state index in [9.17, 15) is 19.8 Å². The molecule has 3 heterocycles. The SMILES string of the molecule is CC[C@H]1C(=O)C2(CCC2)[C@@H](O)CC(=O)O[C@H](C(Cl)=Cc2csc(C)n2)CC2OC2(C)CCC[C@H](C)[C@@H]1O. The summed E-state index contributed by atoms with van der Waals surface area (Å²) in [6, 6.07) is 0. The van der Waals surface area contributed by atoms with E-state index in [2.05, 4.69) is 4.98 Å². The average molecular weight is 554 g/mol. The number of fused-ring (bicyclic) bond motifs is 1. The lowest BCUT2D eigenvalue weighted by atomic mass is 9.58. The van der Waals surface area contributed by atoms with Crippen LogP contribution in [-0.2, 0) is 19.1 Å². The number of aliphatic hydroxyl groups excluding tert-OH is 2. The number of aromatic nitrogens is 1. The van der Waals surface area contributed by atoms with Crippen molar-refractivity contribution >= 4 is 40.8 Å². The van der Waals surface area contributed by atoms with E-state index >= 15 is 0 Å². The lowest BCUT2D eigenvalue weighted by Crippen LogP contribution is -2.53. The maximum atomic E-state index is 13.7. The molecule has 37 heavy (non-hydrogen) atoms. The zero-order valence-corrected chi connectivity index (χ0v) is 23.8. The standard InChI is InChI=1S/C28H40ClNO6S/c1-5-19-25(33)16(2)8-6-9-27(4)23(36-27)13-21(20(29)12-18-15-37-17(3)30-18)35-24(32)14-22(31)28(26(19)34)10-7-11-28/h12,15-16,19,21-23,25,31,33H,5-11,13-14H2,1-4H3/t16-,19+,21-,22-,23?,25-,27?/m0/s1. The van der Waals surface area contributed by atoms with E-state index in [1.54, 1.807) is 6.08 Å². The third-order valence-electron chi connectivity index (χ3n) is 8.81. The van der Waals surface area contributed by atoms with E-state index in [0.29, 0.717) is 36.4 Å². The molecule has 2 saturated heterocycles. The van der Waals surface area contributed by atoms with Gasteiger partial charge in [-0.15, -0.1) is 11.3 Å². The summed E-state index contributed by atoms with van der Waals surface area (Å²) >= 11 is 8.18. The number of epoxide rings is 1. The molecule has 0 amide bonds. The summed E-state index contributed by atoms with van der Waals surface area (Å²) in [5.74, 6) is -1.36. The second-order valence-corrected chi connectivity index (χ2v) is 12.9. The number of rotatable bonds is 3. The first-order valence-corrected chi connectivity index (χ1v) is 14.8. The Hall–Kier alpha value is -1.32. The number of aliphatic hydroxyl groups is 2. The third-order valence-corrected chi connectivity index (χ3v) is 9.95. The number of ether oxygens (including phenoxy) is 2. The fourth-order valence-electron chi connectivity index (χ4n) is 6.06. The molecule has 206 valence electrons. The van der Waals surface area contributed by atoms with Crippen LogP contribution in [0.15, 0.2) is 10.4 Å². The van der Waals surface area contributed by atoms with Gasteiger partial charge < -0.3 is 19.7 Å². The number of nitrogens with zero attached hydrogens (tertiary/aromatic N) is 1. The number of aryl methyl sites for hydroxylation is 1. The molecular formula is C28H40ClNO6S. The minimum atomic E-state index is -1.17. The minimum Gasteiger partial charge on any atom is -0.456 e. The Morgan fingerprint density at radius 1 is 1.27 bits per heavy atom. The van der Waals surface area contributed by atoms with Crippen LogP contribution in [0, 0.1) is 24.2 Å². The second kappa shape index (κ2) is 11.4. The first-order chi connectivity index (χ1) is 17.5. The molecule has 1 aromatic rings. The highest BCUT2D eigenvalue weighted by molar-refractivity contribution is 7.09. The lowest BCUT2D eigenvalue weighted by molar-refractivity contribution is -0.162. The largest absolute Gasteiger partial charge is 0.456 e. The van der Waals surface area contributed by atoms with Crippen LogP contribution in [0.3, 0.4) is 0 Å². The van der Waals surface area contributed by atoms with Crippen LogP contribution in [0.5, 0.6) is 0 Å². The Morgan fingerprint density at radius 2 is 2.00 bits per heavy atom.